The topological polar surface area (TPSA) is 18.5 Å². The van der Waals surface area contributed by atoms with Gasteiger partial charge in [0.15, 0.2) is 0 Å². The molecule has 1 aromatic carbocycles. The van der Waals surface area contributed by atoms with E-state index in [4.69, 9.17) is 21.7 Å². The summed E-state index contributed by atoms with van der Waals surface area (Å²) in [7, 11) is 0. The molecule has 0 bridgehead atoms. The summed E-state index contributed by atoms with van der Waals surface area (Å²) in [4.78, 5) is 0. The first kappa shape index (κ1) is 30.2. The normalized spacial score (nSPS) is 11.5. The van der Waals surface area contributed by atoms with Crippen molar-refractivity contribution < 1.29 is 9.47 Å². The average molecular weight is 606 g/mol. The Morgan fingerprint density at radius 2 is 1.43 bits per heavy atom. The molecule has 2 nitrogen and oxygen atoms in total. The SMILES string of the molecule is CC(CCCC[Se])OC(=S)Oc1ccccc1.CCC[CH2][Sn]([CH2]CCC)[CH2]CCC. The van der Waals surface area contributed by atoms with Crippen molar-refractivity contribution in [3.8, 4) is 5.75 Å². The van der Waals surface area contributed by atoms with Gasteiger partial charge in [-0.1, -0.05) is 0 Å². The number of unbranched alkanes of at least 4 members (excludes halogenated alkanes) is 4. The average Bonchev–Trinajstić information content (AvgIpc) is 2.74. The Labute approximate surface area is 207 Å². The van der Waals surface area contributed by atoms with Crippen LogP contribution in [0.3, 0.4) is 0 Å². The van der Waals surface area contributed by atoms with Gasteiger partial charge in [-0.15, -0.1) is 0 Å². The number of hydrogen-bond donors (Lipinski definition) is 0. The number of ether oxygens (including phenoxy) is 2. The van der Waals surface area contributed by atoms with E-state index in [0.29, 0.717) is 5.75 Å². The first-order chi connectivity index (χ1) is 14.6. The van der Waals surface area contributed by atoms with Gasteiger partial charge in [0.05, 0.1) is 0 Å². The van der Waals surface area contributed by atoms with E-state index in [1.807, 2.05) is 37.3 Å². The summed E-state index contributed by atoms with van der Waals surface area (Å²) in [6.07, 6.45) is 12.3. The van der Waals surface area contributed by atoms with Crippen LogP contribution in [0.1, 0.15) is 85.5 Å². The Balaban J connectivity index is 0.000000584. The second kappa shape index (κ2) is 22.4. The van der Waals surface area contributed by atoms with Crippen molar-refractivity contribution in [1.29, 1.82) is 0 Å². The summed E-state index contributed by atoms with van der Waals surface area (Å²) in [6.45, 7) is 9.02. The van der Waals surface area contributed by atoms with Gasteiger partial charge < -0.3 is 0 Å². The molecule has 1 unspecified atom stereocenters. The molecule has 5 heteroatoms. The van der Waals surface area contributed by atoms with E-state index < -0.39 is 19.8 Å². The Morgan fingerprint density at radius 3 is 1.90 bits per heavy atom. The van der Waals surface area contributed by atoms with E-state index in [1.54, 1.807) is 13.3 Å². The Morgan fingerprint density at radius 1 is 0.900 bits per heavy atom. The van der Waals surface area contributed by atoms with Crippen molar-refractivity contribution in [2.45, 2.75) is 110 Å². The van der Waals surface area contributed by atoms with Crippen LogP contribution in [0.15, 0.2) is 30.3 Å². The first-order valence-corrected chi connectivity index (χ1v) is 19.6. The molecule has 0 aliphatic rings. The van der Waals surface area contributed by atoms with Crippen LogP contribution < -0.4 is 4.74 Å². The third kappa shape index (κ3) is 19.0. The van der Waals surface area contributed by atoms with Crippen LogP contribution >= 0.6 is 12.2 Å². The van der Waals surface area contributed by atoms with Gasteiger partial charge in [-0.25, -0.2) is 0 Å². The van der Waals surface area contributed by atoms with E-state index >= 15 is 0 Å². The standard InChI is InChI=1S/C13H17O2SSe.3C4H9.Sn/c1-11(7-5-6-10-17)14-13(16)15-12-8-3-2-4-9-12;3*1-3-4-2;/h2-4,8-9,11H,5-7,10H2,1H3;3*1,3-4H2,2H3;. The van der Waals surface area contributed by atoms with Crippen LogP contribution in [0, 0.1) is 0 Å². The molecule has 0 fully saturated rings. The number of thiocarbonyl (C=S) groups is 1. The summed E-state index contributed by atoms with van der Waals surface area (Å²) in [5.74, 6) is 0.716. The third-order valence-electron chi connectivity index (χ3n) is 4.90. The quantitative estimate of drug-likeness (QED) is 0.114. The van der Waals surface area contributed by atoms with Gasteiger partial charge in [0, 0.05) is 0 Å². The van der Waals surface area contributed by atoms with E-state index in [0.717, 1.165) is 18.2 Å². The summed E-state index contributed by atoms with van der Waals surface area (Å²) in [6, 6.07) is 9.44. The number of benzene rings is 1. The van der Waals surface area contributed by atoms with E-state index in [2.05, 4.69) is 36.8 Å². The van der Waals surface area contributed by atoms with E-state index in [-0.39, 0.29) is 11.3 Å². The zero-order valence-electron chi connectivity index (χ0n) is 19.8. The van der Waals surface area contributed by atoms with Gasteiger partial charge in [-0.3, -0.25) is 0 Å². The Kier molecular flexibility index (Phi) is 22.6. The molecule has 0 N–H and O–H groups in total. The van der Waals surface area contributed by atoms with Crippen molar-refractivity contribution in [1.82, 2.24) is 0 Å². The maximum absolute atomic E-state index is 5.50. The molecule has 0 spiro atoms. The summed E-state index contributed by atoms with van der Waals surface area (Å²) >= 11 is 7.20. The van der Waals surface area contributed by atoms with Crippen molar-refractivity contribution in [2.75, 3.05) is 0 Å². The molecular formula is C25H44O2SSeSn. The molecule has 2 radical (unpaired) electrons. The summed E-state index contributed by atoms with van der Waals surface area (Å²) in [5, 5.41) is 1.30. The third-order valence-corrected chi connectivity index (χ3v) is 14.8. The second-order valence-electron chi connectivity index (χ2n) is 7.85. The maximum atomic E-state index is 5.50. The minimum atomic E-state index is -0.839. The number of hydrogen-bond acceptors (Lipinski definition) is 3. The molecule has 30 heavy (non-hydrogen) atoms. The molecule has 0 heterocycles. The Bertz CT molecular complexity index is 482. The van der Waals surface area contributed by atoms with Gasteiger partial charge in [0.1, 0.15) is 0 Å². The summed E-state index contributed by atoms with van der Waals surface area (Å²) in [5.41, 5.74) is 0. The van der Waals surface area contributed by atoms with Crippen LogP contribution in [-0.4, -0.2) is 47.1 Å². The fourth-order valence-corrected chi connectivity index (χ4v) is 13.2. The monoisotopic (exact) mass is 608 g/mol. The molecule has 1 rings (SSSR count). The van der Waals surface area contributed by atoms with Gasteiger partial charge >= 0.3 is 209 Å². The van der Waals surface area contributed by atoms with Crippen LogP contribution in [0.5, 0.6) is 5.75 Å². The van der Waals surface area contributed by atoms with Gasteiger partial charge in [0.25, 0.3) is 0 Å². The zero-order valence-corrected chi connectivity index (χ0v) is 25.2. The van der Waals surface area contributed by atoms with Crippen LogP contribution in [0.2, 0.25) is 18.6 Å². The predicted octanol–water partition coefficient (Wildman–Crippen LogP) is 8.39. The molecule has 0 aliphatic carbocycles. The van der Waals surface area contributed by atoms with Gasteiger partial charge in [0.2, 0.25) is 0 Å². The number of para-hydroxylation sites is 1. The molecule has 0 saturated carbocycles. The van der Waals surface area contributed by atoms with Crippen LogP contribution in [0.25, 0.3) is 0 Å². The molecule has 1 aromatic rings. The second-order valence-corrected chi connectivity index (χ2v) is 17.6. The predicted molar refractivity (Wildman–Crippen MR) is 140 cm³/mol. The van der Waals surface area contributed by atoms with Crippen molar-refractivity contribution in [2.24, 2.45) is 0 Å². The molecule has 0 aliphatic heterocycles. The Hall–Kier alpha value is 0.228. The van der Waals surface area contributed by atoms with E-state index in [9.17, 15) is 0 Å². The van der Waals surface area contributed by atoms with Gasteiger partial charge in [-0.2, -0.15) is 0 Å². The van der Waals surface area contributed by atoms with E-state index in [1.165, 1.54) is 44.9 Å². The zero-order chi connectivity index (χ0) is 22.5. The van der Waals surface area contributed by atoms with Crippen LogP contribution in [0.4, 0.5) is 0 Å². The fourth-order valence-electron chi connectivity index (χ4n) is 3.02. The van der Waals surface area contributed by atoms with Crippen molar-refractivity contribution in [3.63, 3.8) is 0 Å². The molecular weight excluding hydrogens is 562 g/mol. The van der Waals surface area contributed by atoms with Gasteiger partial charge in [-0.05, 0) is 0 Å². The molecule has 0 amide bonds. The van der Waals surface area contributed by atoms with Crippen molar-refractivity contribution in [3.05, 3.63) is 30.3 Å². The molecule has 0 saturated heterocycles. The molecule has 0 aromatic heterocycles. The van der Waals surface area contributed by atoms with Crippen LogP contribution in [-0.2, 0) is 4.74 Å². The summed E-state index contributed by atoms with van der Waals surface area (Å²) < 4.78 is 15.9. The fraction of sp³-hybridized carbons (Fsp3) is 0.720. The molecule has 1 atom stereocenters. The minimum absolute atomic E-state index is 0.109. The molecule has 172 valence electrons. The number of rotatable bonds is 15. The van der Waals surface area contributed by atoms with Crippen molar-refractivity contribution >= 4 is 53.2 Å². The first-order valence-electron chi connectivity index (χ1n) is 11.9.